The van der Waals surface area contributed by atoms with Crippen LogP contribution in [0.15, 0.2) is 24.0 Å². The highest BCUT2D eigenvalue weighted by atomic mass is 19.4. The first-order chi connectivity index (χ1) is 21.9. The lowest BCUT2D eigenvalue weighted by Crippen LogP contribution is -2.74. The van der Waals surface area contributed by atoms with E-state index in [1.165, 1.54) is 14.0 Å². The second-order valence-corrected chi connectivity index (χ2v) is 11.8. The molecule has 4 N–H and O–H groups in total. The second-order valence-electron chi connectivity index (χ2n) is 11.8. The van der Waals surface area contributed by atoms with Crippen LogP contribution in [0.2, 0.25) is 0 Å². The summed E-state index contributed by atoms with van der Waals surface area (Å²) in [5, 5.41) is 32.9. The predicted octanol–water partition coefficient (Wildman–Crippen LogP) is 0.536. The summed E-state index contributed by atoms with van der Waals surface area (Å²) in [5.41, 5.74) is -0.169. The summed E-state index contributed by atoms with van der Waals surface area (Å²) in [6, 6.07) is 1.96. The SMILES string of the molecule is COc1ccc2c3c1O[C@H]1C(OC(=O)[C@H](C)OC(=O)C[C@H](NC(=O)[C@H](C)O)C(=O)O)=CC[C@@]4(O)[C@@H](C2)N(C)CC[C@]314.O=CC(F)(F)F. The van der Waals surface area contributed by atoms with Crippen LogP contribution in [0.5, 0.6) is 11.5 Å². The molecule has 0 saturated carbocycles. The number of ether oxygens (including phenoxy) is 4. The highest BCUT2D eigenvalue weighted by Gasteiger charge is 2.72. The topological polar surface area (TPSA) is 198 Å². The van der Waals surface area contributed by atoms with Crippen LogP contribution in [-0.4, -0.2) is 113 Å². The second kappa shape index (κ2) is 13.1. The van der Waals surface area contributed by atoms with Crippen molar-refractivity contribution in [3.05, 3.63) is 35.1 Å². The number of aliphatic carboxylic acids is 1. The van der Waals surface area contributed by atoms with E-state index in [0.29, 0.717) is 30.9 Å². The van der Waals surface area contributed by atoms with Crippen molar-refractivity contribution < 1.29 is 71.4 Å². The van der Waals surface area contributed by atoms with E-state index in [0.717, 1.165) is 18.1 Å². The molecule has 258 valence electrons. The number of hydrogen-bond donors (Lipinski definition) is 4. The van der Waals surface area contributed by atoms with Gasteiger partial charge in [-0.3, -0.25) is 14.4 Å². The number of rotatable bonds is 9. The van der Waals surface area contributed by atoms with Gasteiger partial charge in [-0.2, -0.15) is 13.2 Å². The van der Waals surface area contributed by atoms with Crippen molar-refractivity contribution >= 4 is 30.1 Å². The lowest BCUT2D eigenvalue weighted by atomic mass is 9.50. The van der Waals surface area contributed by atoms with Crippen LogP contribution >= 0.6 is 0 Å². The molecular formula is C30H35F3N2O12. The zero-order chi connectivity index (χ0) is 35.1. The first kappa shape index (κ1) is 35.6. The molecule has 1 aromatic rings. The number of likely N-dealkylation sites (tertiary alicyclic amines) is 1. The highest BCUT2D eigenvalue weighted by Crippen LogP contribution is 2.65. The number of methoxy groups -OCH3 is 1. The number of hydrogen-bond acceptors (Lipinski definition) is 12. The van der Waals surface area contributed by atoms with Gasteiger partial charge in [0.15, 0.2) is 23.7 Å². The minimum atomic E-state index is -4.64. The van der Waals surface area contributed by atoms with Gasteiger partial charge in [-0.25, -0.2) is 9.59 Å². The average Bonchev–Trinajstić information content (AvgIpc) is 3.35. The lowest BCUT2D eigenvalue weighted by molar-refractivity contribution is -0.175. The molecule has 0 aromatic heterocycles. The summed E-state index contributed by atoms with van der Waals surface area (Å²) >= 11 is 0. The third-order valence-electron chi connectivity index (χ3n) is 8.92. The van der Waals surface area contributed by atoms with Gasteiger partial charge in [-0.1, -0.05) is 6.07 Å². The van der Waals surface area contributed by atoms with E-state index in [2.05, 4.69) is 4.90 Å². The number of halogens is 3. The van der Waals surface area contributed by atoms with Crippen molar-refractivity contribution in [1.82, 2.24) is 10.2 Å². The van der Waals surface area contributed by atoms with Crippen molar-refractivity contribution in [3.63, 3.8) is 0 Å². The summed E-state index contributed by atoms with van der Waals surface area (Å²) in [6.45, 7) is 3.11. The number of benzene rings is 1. The third-order valence-corrected chi connectivity index (χ3v) is 8.92. The van der Waals surface area contributed by atoms with Crippen LogP contribution in [0.4, 0.5) is 13.2 Å². The van der Waals surface area contributed by atoms with Gasteiger partial charge < -0.3 is 44.5 Å². The molecule has 2 heterocycles. The van der Waals surface area contributed by atoms with E-state index in [9.17, 15) is 47.7 Å². The first-order valence-corrected chi connectivity index (χ1v) is 14.5. The van der Waals surface area contributed by atoms with Crippen LogP contribution in [0.3, 0.4) is 0 Å². The Bertz CT molecular complexity index is 1480. The predicted molar refractivity (Wildman–Crippen MR) is 151 cm³/mol. The molecule has 2 bridgehead atoms. The molecular weight excluding hydrogens is 637 g/mol. The highest BCUT2D eigenvalue weighted by molar-refractivity contribution is 5.89. The van der Waals surface area contributed by atoms with E-state index >= 15 is 0 Å². The van der Waals surface area contributed by atoms with Crippen molar-refractivity contribution in [1.29, 1.82) is 0 Å². The monoisotopic (exact) mass is 672 g/mol. The maximum Gasteiger partial charge on any atom is 0.446 e. The number of aliphatic hydroxyl groups is 2. The zero-order valence-corrected chi connectivity index (χ0v) is 25.8. The molecule has 4 aliphatic rings. The number of amides is 1. The number of aldehydes is 1. The number of nitrogens with zero attached hydrogens (tertiary/aromatic N) is 1. The summed E-state index contributed by atoms with van der Waals surface area (Å²) in [6.07, 6.45) is -7.20. The Morgan fingerprint density at radius 2 is 1.89 bits per heavy atom. The molecule has 2 aliphatic carbocycles. The van der Waals surface area contributed by atoms with E-state index in [4.69, 9.17) is 23.7 Å². The number of piperidine rings is 1. The molecule has 1 amide bonds. The molecule has 1 saturated heterocycles. The molecule has 7 atom stereocenters. The van der Waals surface area contributed by atoms with Gasteiger partial charge in [-0.05, 0) is 58.0 Å². The third kappa shape index (κ3) is 6.51. The number of alkyl halides is 3. The molecule has 1 fully saturated rings. The Morgan fingerprint density at radius 1 is 1.23 bits per heavy atom. The number of likely N-dealkylation sites (N-methyl/N-ethyl adjacent to an activating group) is 1. The fourth-order valence-electron chi connectivity index (χ4n) is 6.74. The van der Waals surface area contributed by atoms with E-state index in [1.807, 2.05) is 24.5 Å². The lowest BCUT2D eigenvalue weighted by Gasteiger charge is -2.61. The number of esters is 2. The van der Waals surface area contributed by atoms with Crippen LogP contribution in [0.1, 0.15) is 44.2 Å². The fraction of sp³-hybridized carbons (Fsp3) is 0.567. The smallest absolute Gasteiger partial charge is 0.446 e. The zero-order valence-electron chi connectivity index (χ0n) is 25.8. The van der Waals surface area contributed by atoms with Gasteiger partial charge >= 0.3 is 24.1 Å². The van der Waals surface area contributed by atoms with Gasteiger partial charge in [0, 0.05) is 18.0 Å². The molecule has 2 aliphatic heterocycles. The molecule has 14 nitrogen and oxygen atoms in total. The van der Waals surface area contributed by atoms with Crippen molar-refractivity contribution in [2.75, 3.05) is 20.7 Å². The summed E-state index contributed by atoms with van der Waals surface area (Å²) in [4.78, 5) is 59.5. The summed E-state index contributed by atoms with van der Waals surface area (Å²) < 4.78 is 54.1. The van der Waals surface area contributed by atoms with Crippen molar-refractivity contribution in [3.8, 4) is 11.5 Å². The molecule has 1 spiro atoms. The van der Waals surface area contributed by atoms with Crippen LogP contribution in [-0.2, 0) is 45.3 Å². The average molecular weight is 673 g/mol. The maximum absolute atomic E-state index is 13.1. The first-order valence-electron chi connectivity index (χ1n) is 14.5. The standard InChI is InChI=1S/C28H34N2O11.C2HF3O/c1-13(31)24(33)29-16(25(34)35)12-20(32)39-14(2)26(36)40-18-7-8-28(37)19-11-15-5-6-17(38-4)22-21(15)27(28,23(18)41-22)9-10-30(19)3;3-2(4,5)1-6/h5-7,13-14,16,19,23,31,37H,8-12H2,1-4H3,(H,29,33)(H,34,35);1H/t13-,14-,16-,19+,23-,27-,28+;/m0./s1. The Balaban J connectivity index is 0.000000762. The summed E-state index contributed by atoms with van der Waals surface area (Å²) in [7, 11) is 3.51. The van der Waals surface area contributed by atoms with Gasteiger partial charge in [0.25, 0.3) is 0 Å². The Hall–Kier alpha value is -4.22. The largest absolute Gasteiger partial charge is 0.493 e. The van der Waals surface area contributed by atoms with Crippen molar-refractivity contribution in [2.24, 2.45) is 0 Å². The minimum absolute atomic E-state index is 0.181. The number of nitrogens with one attached hydrogen (secondary N) is 1. The molecule has 0 radical (unpaired) electrons. The van der Waals surface area contributed by atoms with E-state index in [-0.39, 0.29) is 18.2 Å². The van der Waals surface area contributed by atoms with Gasteiger partial charge in [0.1, 0.15) is 17.9 Å². The Morgan fingerprint density at radius 3 is 2.47 bits per heavy atom. The maximum atomic E-state index is 13.1. The molecule has 5 rings (SSSR count). The van der Waals surface area contributed by atoms with Crippen LogP contribution < -0.4 is 14.8 Å². The molecule has 17 heteroatoms. The molecule has 47 heavy (non-hydrogen) atoms. The van der Waals surface area contributed by atoms with Gasteiger partial charge in [-0.15, -0.1) is 0 Å². The molecule has 0 unspecified atom stereocenters. The number of carbonyl (C=O) groups excluding carboxylic acids is 4. The minimum Gasteiger partial charge on any atom is -0.493 e. The Labute approximate surface area is 266 Å². The fourth-order valence-corrected chi connectivity index (χ4v) is 6.74. The summed E-state index contributed by atoms with van der Waals surface area (Å²) in [5.74, 6) is -3.26. The molecule has 1 aromatic carbocycles. The Kier molecular flexibility index (Phi) is 9.94. The normalized spacial score (nSPS) is 27.2. The van der Waals surface area contributed by atoms with Crippen molar-refractivity contribution in [2.45, 2.75) is 87.1 Å². The quantitative estimate of drug-likeness (QED) is 0.210. The van der Waals surface area contributed by atoms with Gasteiger partial charge in [0.2, 0.25) is 12.2 Å². The number of aliphatic hydroxyl groups excluding tert-OH is 1. The van der Waals surface area contributed by atoms with E-state index < -0.39 is 78.1 Å². The van der Waals surface area contributed by atoms with Gasteiger partial charge in [0.05, 0.1) is 24.5 Å². The number of carboxylic acid groups (broad SMARTS) is 1. The number of carbonyl (C=O) groups is 5. The number of carboxylic acids is 1. The van der Waals surface area contributed by atoms with E-state index in [1.54, 1.807) is 6.08 Å². The van der Waals surface area contributed by atoms with Crippen LogP contribution in [0.25, 0.3) is 0 Å². The van der Waals surface area contributed by atoms with Crippen LogP contribution in [0, 0.1) is 0 Å².